The van der Waals surface area contributed by atoms with E-state index in [0.717, 1.165) is 36.7 Å². The fraction of sp³-hybridized carbons (Fsp3) is 0.655. The largest absolute Gasteiger partial charge is 0.351 e. The molecule has 1 saturated heterocycles. The molecule has 5 rings (SSSR count). The molecule has 3 aliphatic rings. The number of carbonyl (C=O) groups is 2. The summed E-state index contributed by atoms with van der Waals surface area (Å²) in [5.74, 6) is -0.0191. The number of aromatic nitrogens is 1. The van der Waals surface area contributed by atoms with Crippen molar-refractivity contribution in [2.24, 2.45) is 0 Å². The van der Waals surface area contributed by atoms with Crippen LogP contribution in [0.2, 0.25) is 0 Å². The lowest BCUT2D eigenvalue weighted by Gasteiger charge is -2.45. The van der Waals surface area contributed by atoms with Crippen LogP contribution in [0.3, 0.4) is 0 Å². The molecule has 3 heterocycles. The first-order valence-electron chi connectivity index (χ1n) is 13.9. The van der Waals surface area contributed by atoms with E-state index in [4.69, 9.17) is 0 Å². The highest BCUT2D eigenvalue weighted by atomic mass is 16.2. The summed E-state index contributed by atoms with van der Waals surface area (Å²) in [6.45, 7) is 8.69. The van der Waals surface area contributed by atoms with Crippen molar-refractivity contribution in [3.8, 4) is 0 Å². The number of fused-ring (bicyclic) bond motifs is 3. The lowest BCUT2D eigenvalue weighted by atomic mass is 9.91. The number of rotatable bonds is 6. The van der Waals surface area contributed by atoms with E-state index in [-0.39, 0.29) is 17.9 Å². The van der Waals surface area contributed by atoms with E-state index in [2.05, 4.69) is 40.8 Å². The summed E-state index contributed by atoms with van der Waals surface area (Å²) in [6, 6.07) is 11.5. The zero-order valence-electron chi connectivity index (χ0n) is 21.8. The van der Waals surface area contributed by atoms with E-state index in [1.807, 2.05) is 30.0 Å². The minimum atomic E-state index is -0.900. The van der Waals surface area contributed by atoms with Crippen LogP contribution in [0.5, 0.6) is 0 Å². The van der Waals surface area contributed by atoms with Gasteiger partial charge in [-0.15, -0.1) is 0 Å². The number of benzene rings is 1. The van der Waals surface area contributed by atoms with Crippen LogP contribution < -0.4 is 5.32 Å². The molecule has 0 unspecified atom stereocenters. The standard InChI is InChI=1S/C29H42N4O2/c1-21-11-9-12-22(2)31(21)17-10-18-33-27(34)26-19-23-13-7-8-16-25(23)32(26)20-29(33,3)28(35)30-24-14-5-4-6-15-24/h7-8,13,16,19,21-22,24H,4-6,9-12,14-15,17-18,20H2,1-3H3,(H,30,35)/t21-,22+,29-/m1/s1. The lowest BCUT2D eigenvalue weighted by Crippen LogP contribution is -2.65. The maximum Gasteiger partial charge on any atom is 0.271 e. The number of likely N-dealkylation sites (tertiary alicyclic amines) is 1. The fourth-order valence-corrected chi connectivity index (χ4v) is 6.77. The molecule has 1 aromatic carbocycles. The topological polar surface area (TPSA) is 57.6 Å². The average molecular weight is 479 g/mol. The van der Waals surface area contributed by atoms with Crippen molar-refractivity contribution in [2.75, 3.05) is 13.1 Å². The predicted molar refractivity (Wildman–Crippen MR) is 140 cm³/mol. The summed E-state index contributed by atoms with van der Waals surface area (Å²) in [6.07, 6.45) is 10.3. The number of piperidine rings is 1. The second-order valence-corrected chi connectivity index (χ2v) is 11.4. The number of nitrogens with zero attached hydrogens (tertiary/aromatic N) is 3. The van der Waals surface area contributed by atoms with Gasteiger partial charge in [0, 0.05) is 42.1 Å². The Morgan fingerprint density at radius 3 is 2.46 bits per heavy atom. The number of hydrogen-bond acceptors (Lipinski definition) is 3. The van der Waals surface area contributed by atoms with Crippen molar-refractivity contribution in [3.05, 3.63) is 36.0 Å². The normalized spacial score (nSPS) is 28.3. The Labute approximate surface area is 210 Å². The van der Waals surface area contributed by atoms with Gasteiger partial charge in [0.25, 0.3) is 5.91 Å². The van der Waals surface area contributed by atoms with E-state index in [1.54, 1.807) is 0 Å². The molecular weight excluding hydrogens is 436 g/mol. The van der Waals surface area contributed by atoms with Gasteiger partial charge in [-0.05, 0) is 65.0 Å². The van der Waals surface area contributed by atoms with Crippen molar-refractivity contribution >= 4 is 22.7 Å². The summed E-state index contributed by atoms with van der Waals surface area (Å²) in [4.78, 5) is 32.3. The third kappa shape index (κ3) is 4.62. The summed E-state index contributed by atoms with van der Waals surface area (Å²) in [5, 5.41) is 4.41. The number of para-hydroxylation sites is 1. The SMILES string of the molecule is C[C@@H]1CCC[C@H](C)N1CCCN1C(=O)c2cc3ccccc3n2C[C@]1(C)C(=O)NC1CCCCC1. The second kappa shape index (κ2) is 9.96. The van der Waals surface area contributed by atoms with Gasteiger partial charge in [0.05, 0.1) is 6.54 Å². The van der Waals surface area contributed by atoms with Crippen LogP contribution in [0.1, 0.15) is 89.0 Å². The van der Waals surface area contributed by atoms with E-state index >= 15 is 0 Å². The molecule has 1 saturated carbocycles. The molecule has 3 atom stereocenters. The second-order valence-electron chi connectivity index (χ2n) is 11.4. The number of nitrogens with one attached hydrogen (secondary N) is 1. The quantitative estimate of drug-likeness (QED) is 0.639. The Morgan fingerprint density at radius 2 is 1.71 bits per heavy atom. The first-order chi connectivity index (χ1) is 16.9. The van der Waals surface area contributed by atoms with Crippen molar-refractivity contribution in [1.29, 1.82) is 0 Å². The molecule has 6 nitrogen and oxygen atoms in total. The van der Waals surface area contributed by atoms with Gasteiger partial charge in [-0.1, -0.05) is 43.9 Å². The first kappa shape index (κ1) is 24.4. The third-order valence-electron chi connectivity index (χ3n) is 8.94. The smallest absolute Gasteiger partial charge is 0.271 e. The third-order valence-corrected chi connectivity index (χ3v) is 8.94. The Kier molecular flexibility index (Phi) is 6.93. The highest BCUT2D eigenvalue weighted by Gasteiger charge is 2.48. The van der Waals surface area contributed by atoms with E-state index in [9.17, 15) is 9.59 Å². The molecule has 0 spiro atoms. The number of carbonyl (C=O) groups excluding carboxylic acids is 2. The Morgan fingerprint density at radius 1 is 1.00 bits per heavy atom. The molecule has 190 valence electrons. The molecule has 6 heteroatoms. The average Bonchev–Trinajstić information content (AvgIpc) is 3.22. The van der Waals surface area contributed by atoms with Crippen LogP contribution in [-0.2, 0) is 11.3 Å². The summed E-state index contributed by atoms with van der Waals surface area (Å²) in [7, 11) is 0. The highest BCUT2D eigenvalue weighted by Crippen LogP contribution is 2.33. The van der Waals surface area contributed by atoms with Gasteiger partial charge in [-0.3, -0.25) is 14.5 Å². The molecule has 2 aromatic rings. The van der Waals surface area contributed by atoms with E-state index < -0.39 is 5.54 Å². The first-order valence-corrected chi connectivity index (χ1v) is 13.9. The van der Waals surface area contributed by atoms with Crippen molar-refractivity contribution in [3.63, 3.8) is 0 Å². The monoisotopic (exact) mass is 478 g/mol. The van der Waals surface area contributed by atoms with Crippen LogP contribution in [0.15, 0.2) is 30.3 Å². The van der Waals surface area contributed by atoms with E-state index in [1.165, 1.54) is 38.5 Å². The minimum absolute atomic E-state index is 0.000824. The van der Waals surface area contributed by atoms with Crippen LogP contribution in [-0.4, -0.2) is 62.9 Å². The molecule has 2 fully saturated rings. The number of hydrogen-bond donors (Lipinski definition) is 1. The molecule has 2 amide bonds. The Hall–Kier alpha value is -2.34. The molecule has 2 aliphatic heterocycles. The maximum atomic E-state index is 13.9. The summed E-state index contributed by atoms with van der Waals surface area (Å²) >= 11 is 0. The van der Waals surface area contributed by atoms with Gasteiger partial charge in [0.2, 0.25) is 5.91 Å². The fourth-order valence-electron chi connectivity index (χ4n) is 6.77. The molecular formula is C29H42N4O2. The zero-order chi connectivity index (χ0) is 24.6. The van der Waals surface area contributed by atoms with Gasteiger partial charge in [0.15, 0.2) is 0 Å². The van der Waals surface area contributed by atoms with E-state index in [0.29, 0.717) is 30.9 Å². The van der Waals surface area contributed by atoms with Crippen molar-refractivity contribution < 1.29 is 9.59 Å². The zero-order valence-corrected chi connectivity index (χ0v) is 21.8. The number of amides is 2. The summed E-state index contributed by atoms with van der Waals surface area (Å²) < 4.78 is 2.07. The minimum Gasteiger partial charge on any atom is -0.351 e. The predicted octanol–water partition coefficient (Wildman–Crippen LogP) is 4.96. The lowest BCUT2D eigenvalue weighted by molar-refractivity contribution is -0.133. The van der Waals surface area contributed by atoms with Gasteiger partial charge in [-0.2, -0.15) is 0 Å². The molecule has 0 radical (unpaired) electrons. The highest BCUT2D eigenvalue weighted by molar-refractivity contribution is 6.03. The van der Waals surface area contributed by atoms with Crippen molar-refractivity contribution in [2.45, 2.75) is 109 Å². The van der Waals surface area contributed by atoms with Crippen LogP contribution >= 0.6 is 0 Å². The molecule has 0 bridgehead atoms. The van der Waals surface area contributed by atoms with Crippen LogP contribution in [0.4, 0.5) is 0 Å². The Bertz CT molecular complexity index is 1060. The molecule has 1 N–H and O–H groups in total. The van der Waals surface area contributed by atoms with Crippen molar-refractivity contribution in [1.82, 2.24) is 19.7 Å². The summed E-state index contributed by atoms with van der Waals surface area (Å²) in [5.41, 5.74) is 0.833. The van der Waals surface area contributed by atoms with Gasteiger partial charge in [-0.25, -0.2) is 0 Å². The molecule has 1 aromatic heterocycles. The van der Waals surface area contributed by atoms with Crippen LogP contribution in [0.25, 0.3) is 10.9 Å². The van der Waals surface area contributed by atoms with Gasteiger partial charge < -0.3 is 14.8 Å². The van der Waals surface area contributed by atoms with Gasteiger partial charge in [0.1, 0.15) is 11.2 Å². The molecule has 1 aliphatic carbocycles. The Balaban J connectivity index is 1.40. The maximum absolute atomic E-state index is 13.9. The van der Waals surface area contributed by atoms with Gasteiger partial charge >= 0.3 is 0 Å². The van der Waals surface area contributed by atoms with Crippen LogP contribution in [0, 0.1) is 0 Å². The molecule has 35 heavy (non-hydrogen) atoms.